The van der Waals surface area contributed by atoms with E-state index in [9.17, 15) is 0 Å². The Balaban J connectivity index is 1.67. The Labute approximate surface area is 113 Å². The van der Waals surface area contributed by atoms with Gasteiger partial charge in [0.05, 0.1) is 15.2 Å². The first kappa shape index (κ1) is 11.6. The van der Waals surface area contributed by atoms with Crippen molar-refractivity contribution in [3.63, 3.8) is 0 Å². The van der Waals surface area contributed by atoms with E-state index in [0.29, 0.717) is 0 Å². The highest BCUT2D eigenvalue weighted by Crippen LogP contribution is 2.24. The number of thiophene rings is 1. The molecule has 18 heavy (non-hydrogen) atoms. The van der Waals surface area contributed by atoms with Crippen molar-refractivity contribution in [1.82, 2.24) is 9.97 Å². The molecule has 0 saturated heterocycles. The Morgan fingerprint density at radius 1 is 1.33 bits per heavy atom. The van der Waals surface area contributed by atoms with E-state index >= 15 is 0 Å². The topological polar surface area (TPSA) is 54.7 Å². The van der Waals surface area contributed by atoms with Crippen LogP contribution in [0.15, 0.2) is 39.9 Å². The molecular formula is C13H13N3S2. The Morgan fingerprint density at radius 3 is 3.11 bits per heavy atom. The summed E-state index contributed by atoms with van der Waals surface area (Å²) in [6, 6.07) is 9.99. The molecule has 5 heteroatoms. The van der Waals surface area contributed by atoms with Crippen LogP contribution in [0.1, 0.15) is 5.82 Å². The molecule has 0 fully saturated rings. The minimum absolute atomic E-state index is 0.769. The standard InChI is InChI=1S/C13H13N3S2/c14-9-3-4-10-11(8-9)16-12(15-10)5-7-18-13-2-1-6-17-13/h1-4,6,8H,5,7,14H2,(H,15,16). The molecule has 0 spiro atoms. The molecule has 3 rings (SSSR count). The number of benzene rings is 1. The average molecular weight is 275 g/mol. The number of thioether (sulfide) groups is 1. The van der Waals surface area contributed by atoms with Crippen molar-refractivity contribution < 1.29 is 0 Å². The minimum Gasteiger partial charge on any atom is -0.399 e. The number of aryl methyl sites for hydroxylation is 1. The summed E-state index contributed by atoms with van der Waals surface area (Å²) >= 11 is 3.65. The highest BCUT2D eigenvalue weighted by atomic mass is 32.2. The second kappa shape index (κ2) is 5.04. The summed E-state index contributed by atoms with van der Waals surface area (Å²) in [7, 11) is 0. The first-order valence-electron chi connectivity index (χ1n) is 5.72. The molecule has 92 valence electrons. The van der Waals surface area contributed by atoms with Gasteiger partial charge in [0.1, 0.15) is 5.82 Å². The van der Waals surface area contributed by atoms with Crippen LogP contribution in [0, 0.1) is 0 Å². The van der Waals surface area contributed by atoms with E-state index in [1.54, 1.807) is 11.3 Å². The van der Waals surface area contributed by atoms with Crippen molar-refractivity contribution in [1.29, 1.82) is 0 Å². The molecule has 2 aromatic heterocycles. The molecule has 1 aromatic carbocycles. The maximum Gasteiger partial charge on any atom is 0.108 e. The van der Waals surface area contributed by atoms with Gasteiger partial charge in [0.25, 0.3) is 0 Å². The third-order valence-electron chi connectivity index (χ3n) is 2.63. The number of nitrogen functional groups attached to an aromatic ring is 1. The second-order valence-corrected chi connectivity index (χ2v) is 6.33. The maximum atomic E-state index is 5.75. The molecule has 0 aliphatic carbocycles. The largest absolute Gasteiger partial charge is 0.399 e. The first-order chi connectivity index (χ1) is 8.81. The summed E-state index contributed by atoms with van der Waals surface area (Å²) in [5, 5.41) is 2.10. The molecule has 0 bridgehead atoms. The molecule has 0 radical (unpaired) electrons. The molecular weight excluding hydrogens is 262 g/mol. The Hall–Kier alpha value is -1.46. The lowest BCUT2D eigenvalue weighted by molar-refractivity contribution is 1.01. The lowest BCUT2D eigenvalue weighted by Crippen LogP contribution is -1.90. The van der Waals surface area contributed by atoms with Crippen LogP contribution in [0.3, 0.4) is 0 Å². The number of aromatic amines is 1. The van der Waals surface area contributed by atoms with Gasteiger partial charge in [-0.2, -0.15) is 0 Å². The van der Waals surface area contributed by atoms with Gasteiger partial charge < -0.3 is 10.7 Å². The molecule has 3 aromatic rings. The Bertz CT molecular complexity index is 643. The number of H-pyrrole nitrogens is 1. The first-order valence-corrected chi connectivity index (χ1v) is 7.58. The Kier molecular flexibility index (Phi) is 3.25. The fourth-order valence-corrected chi connectivity index (χ4v) is 3.60. The molecule has 0 unspecified atom stereocenters. The number of anilines is 1. The van der Waals surface area contributed by atoms with Crippen molar-refractivity contribution in [2.45, 2.75) is 10.6 Å². The number of imidazole rings is 1. The van der Waals surface area contributed by atoms with Gasteiger partial charge in [-0.15, -0.1) is 23.1 Å². The van der Waals surface area contributed by atoms with Crippen molar-refractivity contribution in [3.8, 4) is 0 Å². The number of nitrogens with one attached hydrogen (secondary N) is 1. The second-order valence-electron chi connectivity index (χ2n) is 3.99. The Morgan fingerprint density at radius 2 is 2.28 bits per heavy atom. The molecule has 0 aliphatic rings. The van der Waals surface area contributed by atoms with E-state index in [1.807, 2.05) is 30.0 Å². The van der Waals surface area contributed by atoms with Crippen molar-refractivity contribution in [2.24, 2.45) is 0 Å². The molecule has 0 aliphatic heterocycles. The van der Waals surface area contributed by atoms with Crippen LogP contribution < -0.4 is 5.73 Å². The normalized spacial score (nSPS) is 11.1. The molecule has 0 amide bonds. The fourth-order valence-electron chi connectivity index (χ4n) is 1.79. The van der Waals surface area contributed by atoms with Crippen molar-refractivity contribution >= 4 is 39.8 Å². The SMILES string of the molecule is Nc1ccc2nc(CCSc3cccs3)[nH]c2c1. The molecule has 2 heterocycles. The smallest absolute Gasteiger partial charge is 0.108 e. The number of fused-ring (bicyclic) bond motifs is 1. The lowest BCUT2D eigenvalue weighted by Gasteiger charge is -1.95. The predicted octanol–water partition coefficient (Wildman–Crippen LogP) is 3.54. The van der Waals surface area contributed by atoms with E-state index in [4.69, 9.17) is 5.73 Å². The summed E-state index contributed by atoms with van der Waals surface area (Å²) < 4.78 is 1.36. The third kappa shape index (κ3) is 2.52. The quantitative estimate of drug-likeness (QED) is 0.565. The van der Waals surface area contributed by atoms with Gasteiger partial charge in [-0.25, -0.2) is 4.98 Å². The van der Waals surface area contributed by atoms with Gasteiger partial charge in [0.2, 0.25) is 0 Å². The number of nitrogens with zero attached hydrogens (tertiary/aromatic N) is 1. The monoisotopic (exact) mass is 275 g/mol. The van der Waals surface area contributed by atoms with E-state index in [-0.39, 0.29) is 0 Å². The fraction of sp³-hybridized carbons (Fsp3) is 0.154. The molecule has 0 atom stereocenters. The van der Waals surface area contributed by atoms with Gasteiger partial charge in [-0.1, -0.05) is 6.07 Å². The number of nitrogens with two attached hydrogens (primary N) is 1. The zero-order valence-corrected chi connectivity index (χ0v) is 11.4. The zero-order valence-electron chi connectivity index (χ0n) is 9.72. The summed E-state index contributed by atoms with van der Waals surface area (Å²) in [4.78, 5) is 7.87. The number of rotatable bonds is 4. The van der Waals surface area contributed by atoms with Crippen molar-refractivity contribution in [3.05, 3.63) is 41.5 Å². The van der Waals surface area contributed by atoms with Crippen LogP contribution in [0.5, 0.6) is 0 Å². The zero-order chi connectivity index (χ0) is 12.4. The predicted molar refractivity (Wildman–Crippen MR) is 79.3 cm³/mol. The number of hydrogen-bond acceptors (Lipinski definition) is 4. The highest BCUT2D eigenvalue weighted by molar-refractivity contribution is 8.01. The van der Waals surface area contributed by atoms with E-state index in [0.717, 1.165) is 34.7 Å². The highest BCUT2D eigenvalue weighted by Gasteiger charge is 2.03. The summed E-state index contributed by atoms with van der Waals surface area (Å²) in [6.45, 7) is 0. The van der Waals surface area contributed by atoms with Crippen molar-refractivity contribution in [2.75, 3.05) is 11.5 Å². The molecule has 3 N–H and O–H groups in total. The number of hydrogen-bond donors (Lipinski definition) is 2. The van der Waals surface area contributed by atoms with E-state index in [1.165, 1.54) is 4.21 Å². The van der Waals surface area contributed by atoms with Gasteiger partial charge >= 0.3 is 0 Å². The number of aromatic nitrogens is 2. The summed E-state index contributed by atoms with van der Waals surface area (Å²) in [6.07, 6.45) is 0.942. The van der Waals surface area contributed by atoms with Crippen LogP contribution in [0.4, 0.5) is 5.69 Å². The lowest BCUT2D eigenvalue weighted by atomic mass is 10.3. The van der Waals surface area contributed by atoms with E-state index < -0.39 is 0 Å². The summed E-state index contributed by atoms with van der Waals surface area (Å²) in [5.41, 5.74) is 8.52. The van der Waals surface area contributed by atoms with Crippen LogP contribution >= 0.6 is 23.1 Å². The van der Waals surface area contributed by atoms with Gasteiger partial charge in [-0.3, -0.25) is 0 Å². The third-order valence-corrected chi connectivity index (χ3v) is 4.77. The van der Waals surface area contributed by atoms with Crippen LogP contribution in [-0.4, -0.2) is 15.7 Å². The maximum absolute atomic E-state index is 5.75. The minimum atomic E-state index is 0.769. The average Bonchev–Trinajstić information content (AvgIpc) is 2.97. The van der Waals surface area contributed by atoms with Crippen LogP contribution in [0.2, 0.25) is 0 Å². The molecule has 3 nitrogen and oxygen atoms in total. The van der Waals surface area contributed by atoms with Gasteiger partial charge in [0, 0.05) is 17.9 Å². The molecule has 0 saturated carbocycles. The van der Waals surface area contributed by atoms with Crippen LogP contribution in [0.25, 0.3) is 11.0 Å². The van der Waals surface area contributed by atoms with Gasteiger partial charge in [-0.05, 0) is 29.6 Å². The van der Waals surface area contributed by atoms with Gasteiger partial charge in [0.15, 0.2) is 0 Å². The van der Waals surface area contributed by atoms with Crippen LogP contribution in [-0.2, 0) is 6.42 Å². The summed E-state index contributed by atoms with van der Waals surface area (Å²) in [5.74, 6) is 2.06. The van der Waals surface area contributed by atoms with E-state index in [2.05, 4.69) is 27.5 Å².